The van der Waals surface area contributed by atoms with Gasteiger partial charge in [-0.1, -0.05) is 129 Å². The van der Waals surface area contributed by atoms with Crippen LogP contribution >= 0.6 is 0 Å². The van der Waals surface area contributed by atoms with Crippen molar-refractivity contribution in [1.29, 1.82) is 0 Å². The van der Waals surface area contributed by atoms with E-state index >= 15 is 0 Å². The van der Waals surface area contributed by atoms with Crippen molar-refractivity contribution in [3.05, 3.63) is 191 Å². The van der Waals surface area contributed by atoms with Crippen LogP contribution in [-0.2, 0) is 12.0 Å². The summed E-state index contributed by atoms with van der Waals surface area (Å²) in [6, 6.07) is 51.7. The molecule has 0 bridgehead atoms. The number of benzene rings is 6. The Morgan fingerprint density at radius 3 is 2.02 bits per heavy atom. The van der Waals surface area contributed by atoms with Crippen LogP contribution in [0.1, 0.15) is 59.0 Å². The minimum atomic E-state index is -0.482. The second kappa shape index (κ2) is 12.3. The van der Waals surface area contributed by atoms with Crippen molar-refractivity contribution >= 4 is 28.7 Å². The molecule has 0 fully saturated rings. The second-order valence-corrected chi connectivity index (χ2v) is 14.5. The minimum absolute atomic E-state index is 0.113. The normalized spacial score (nSPS) is 15.4. The van der Waals surface area contributed by atoms with E-state index in [1.165, 1.54) is 33.4 Å². The van der Waals surface area contributed by atoms with Gasteiger partial charge in [0.15, 0.2) is 6.17 Å². The Morgan fingerprint density at radius 2 is 1.25 bits per heavy atom. The molecule has 3 heterocycles. The first-order valence-corrected chi connectivity index (χ1v) is 18.3. The van der Waals surface area contributed by atoms with Gasteiger partial charge in [0.05, 0.1) is 11.2 Å². The Labute approximate surface area is 309 Å². The summed E-state index contributed by atoms with van der Waals surface area (Å²) in [6.45, 7) is 5.37. The molecule has 3 aliphatic rings. The van der Waals surface area contributed by atoms with Crippen molar-refractivity contribution in [1.82, 2.24) is 15.6 Å². The molecule has 1 aliphatic carbocycles. The van der Waals surface area contributed by atoms with E-state index in [0.29, 0.717) is 6.54 Å². The minimum Gasteiger partial charge on any atom is -0.387 e. The van der Waals surface area contributed by atoms with Gasteiger partial charge in [-0.05, 0) is 87.1 Å². The van der Waals surface area contributed by atoms with Crippen LogP contribution in [0.25, 0.3) is 50.5 Å². The maximum Gasteiger partial charge on any atom is 0.169 e. The van der Waals surface area contributed by atoms with E-state index in [1.807, 2.05) is 42.6 Å². The molecule has 5 heteroatoms. The zero-order chi connectivity index (χ0) is 35.5. The van der Waals surface area contributed by atoms with Crippen molar-refractivity contribution < 1.29 is 0 Å². The van der Waals surface area contributed by atoms with Gasteiger partial charge in [-0.3, -0.25) is 0 Å². The molecule has 0 unspecified atom stereocenters. The lowest BCUT2D eigenvalue weighted by Crippen LogP contribution is -2.36. The number of aliphatic imine (C=N–C) groups is 2. The Hall–Kier alpha value is -6.59. The molecule has 7 aromatic rings. The zero-order valence-corrected chi connectivity index (χ0v) is 29.6. The van der Waals surface area contributed by atoms with Crippen molar-refractivity contribution in [2.45, 2.75) is 32.0 Å². The molecule has 0 amide bonds. The molecular formula is C48H37N5. The summed E-state index contributed by atoms with van der Waals surface area (Å²) in [5.41, 5.74) is 15.9. The summed E-state index contributed by atoms with van der Waals surface area (Å²) in [5.74, 6) is 1.59. The van der Waals surface area contributed by atoms with Crippen LogP contribution < -0.4 is 10.6 Å². The van der Waals surface area contributed by atoms with E-state index < -0.39 is 6.17 Å². The molecular weight excluding hydrogens is 647 g/mol. The van der Waals surface area contributed by atoms with Crippen molar-refractivity contribution in [3.8, 4) is 33.5 Å². The lowest BCUT2D eigenvalue weighted by molar-refractivity contribution is 0.660. The van der Waals surface area contributed by atoms with Crippen LogP contribution in [0.4, 0.5) is 0 Å². The SMILES string of the molecule is CC1(C)c2ccccc2-c2ccc(-c3cc(-c4nc5ccccc5c5c4CNC=C5)cc(C4N=C(c5ccccc5)NC(c5ccccc5)=N4)c3)cc21. The molecule has 0 saturated carbocycles. The summed E-state index contributed by atoms with van der Waals surface area (Å²) in [5, 5.41) is 8.18. The monoisotopic (exact) mass is 683 g/mol. The van der Waals surface area contributed by atoms with Gasteiger partial charge >= 0.3 is 0 Å². The fourth-order valence-electron chi connectivity index (χ4n) is 8.26. The van der Waals surface area contributed by atoms with Gasteiger partial charge in [0.1, 0.15) is 11.7 Å². The molecule has 0 saturated heterocycles. The van der Waals surface area contributed by atoms with Crippen molar-refractivity contribution in [3.63, 3.8) is 0 Å². The van der Waals surface area contributed by atoms with Gasteiger partial charge in [-0.15, -0.1) is 0 Å². The van der Waals surface area contributed by atoms with E-state index in [1.54, 1.807) is 0 Å². The lowest BCUT2D eigenvalue weighted by Gasteiger charge is -2.24. The summed E-state index contributed by atoms with van der Waals surface area (Å²) in [4.78, 5) is 15.9. The topological polar surface area (TPSA) is 61.7 Å². The first-order chi connectivity index (χ1) is 26.0. The van der Waals surface area contributed by atoms with Crippen LogP contribution in [0.3, 0.4) is 0 Å². The number of hydrogen-bond donors (Lipinski definition) is 2. The van der Waals surface area contributed by atoms with Gasteiger partial charge in [0.2, 0.25) is 0 Å². The highest BCUT2D eigenvalue weighted by atomic mass is 15.2. The number of nitrogens with zero attached hydrogens (tertiary/aromatic N) is 3. The summed E-state index contributed by atoms with van der Waals surface area (Å²) < 4.78 is 0. The number of nitrogens with one attached hydrogen (secondary N) is 2. The first kappa shape index (κ1) is 31.2. The van der Waals surface area contributed by atoms with Gasteiger partial charge < -0.3 is 10.6 Å². The maximum atomic E-state index is 5.35. The molecule has 0 radical (unpaired) electrons. The number of rotatable bonds is 5. The highest BCUT2D eigenvalue weighted by Crippen LogP contribution is 2.50. The standard InChI is InChI=1S/C48H37N5/c1-48(2)41-19-11-9-17-37(41)38-22-21-32(28-42(38)48)33-25-34(44-40-29-49-24-23-36(40)39-18-10-12-20-43(39)50-44)27-35(26-33)47-52-45(30-13-5-3-6-14-30)51-46(53-47)31-15-7-4-8-16-31/h3-28,47,49H,29H2,1-2H3,(H,51,52,53). The van der Waals surface area contributed by atoms with Crippen molar-refractivity contribution in [2.75, 3.05) is 0 Å². The average Bonchev–Trinajstić information content (AvgIpc) is 3.46. The number of fused-ring (bicyclic) bond motifs is 6. The summed E-state index contributed by atoms with van der Waals surface area (Å²) >= 11 is 0. The largest absolute Gasteiger partial charge is 0.387 e. The molecule has 0 atom stereocenters. The van der Waals surface area contributed by atoms with Crippen molar-refractivity contribution in [2.24, 2.45) is 9.98 Å². The lowest BCUT2D eigenvalue weighted by atomic mass is 9.81. The van der Waals surface area contributed by atoms with Gasteiger partial charge in [-0.2, -0.15) is 0 Å². The fraction of sp³-hybridized carbons (Fsp3) is 0.104. The Morgan fingerprint density at radius 1 is 0.585 bits per heavy atom. The maximum absolute atomic E-state index is 5.35. The van der Waals surface area contributed by atoms with Crippen LogP contribution in [0.5, 0.6) is 0 Å². The third-order valence-corrected chi connectivity index (χ3v) is 11.0. The number of pyridine rings is 1. The van der Waals surface area contributed by atoms with E-state index in [2.05, 4.69) is 140 Å². The predicted molar refractivity (Wildman–Crippen MR) is 218 cm³/mol. The Balaban J connectivity index is 1.20. The third-order valence-electron chi connectivity index (χ3n) is 11.0. The summed E-state index contributed by atoms with van der Waals surface area (Å²) in [7, 11) is 0. The molecule has 10 rings (SSSR count). The van der Waals surface area contributed by atoms with Crippen LogP contribution in [-0.4, -0.2) is 16.7 Å². The fourth-order valence-corrected chi connectivity index (χ4v) is 8.26. The molecule has 0 spiro atoms. The number of amidine groups is 2. The average molecular weight is 684 g/mol. The van der Waals surface area contributed by atoms with Gasteiger partial charge in [-0.25, -0.2) is 15.0 Å². The highest BCUT2D eigenvalue weighted by Gasteiger charge is 2.35. The molecule has 53 heavy (non-hydrogen) atoms. The number of para-hydroxylation sites is 1. The first-order valence-electron chi connectivity index (χ1n) is 18.3. The second-order valence-electron chi connectivity index (χ2n) is 14.5. The van der Waals surface area contributed by atoms with Gasteiger partial charge in [0, 0.05) is 39.6 Å². The molecule has 2 aliphatic heterocycles. The van der Waals surface area contributed by atoms with Gasteiger partial charge in [0.25, 0.3) is 0 Å². The molecule has 6 aromatic carbocycles. The van der Waals surface area contributed by atoms with E-state index in [-0.39, 0.29) is 5.41 Å². The molecule has 5 nitrogen and oxygen atoms in total. The van der Waals surface area contributed by atoms with Crippen LogP contribution in [0.2, 0.25) is 0 Å². The smallest absolute Gasteiger partial charge is 0.169 e. The quantitative estimate of drug-likeness (QED) is 0.190. The Bertz CT molecular complexity index is 2610. The van der Waals surface area contributed by atoms with E-state index in [4.69, 9.17) is 15.0 Å². The molecule has 254 valence electrons. The zero-order valence-electron chi connectivity index (χ0n) is 29.6. The van der Waals surface area contributed by atoms with E-state index in [9.17, 15) is 0 Å². The number of aromatic nitrogens is 1. The third kappa shape index (κ3) is 5.27. The summed E-state index contributed by atoms with van der Waals surface area (Å²) in [6.07, 6.45) is 3.74. The molecule has 2 N–H and O–H groups in total. The number of hydrogen-bond acceptors (Lipinski definition) is 5. The Kier molecular flexibility index (Phi) is 7.22. The predicted octanol–water partition coefficient (Wildman–Crippen LogP) is 10.4. The van der Waals surface area contributed by atoms with E-state index in [0.717, 1.165) is 61.6 Å². The van der Waals surface area contributed by atoms with Crippen LogP contribution in [0, 0.1) is 0 Å². The molecule has 1 aromatic heterocycles. The van der Waals surface area contributed by atoms with Crippen LogP contribution in [0.15, 0.2) is 162 Å². The highest BCUT2D eigenvalue weighted by molar-refractivity contribution is 6.15.